The van der Waals surface area contributed by atoms with Crippen LogP contribution in [0, 0.1) is 6.92 Å². The van der Waals surface area contributed by atoms with E-state index < -0.39 is 0 Å². The number of hydrogen-bond acceptors (Lipinski definition) is 6. The van der Waals surface area contributed by atoms with Gasteiger partial charge in [-0.25, -0.2) is 14.6 Å². The summed E-state index contributed by atoms with van der Waals surface area (Å²) in [6.07, 6.45) is 3.36. The van der Waals surface area contributed by atoms with Gasteiger partial charge in [-0.2, -0.15) is 0 Å². The Bertz CT molecular complexity index is 1480. The predicted molar refractivity (Wildman–Crippen MR) is 135 cm³/mol. The third-order valence-electron chi connectivity index (χ3n) is 5.30. The highest BCUT2D eigenvalue weighted by atomic mass is 35.5. The van der Waals surface area contributed by atoms with E-state index >= 15 is 0 Å². The van der Waals surface area contributed by atoms with Crippen LogP contribution < -0.4 is 5.32 Å². The van der Waals surface area contributed by atoms with Crippen LogP contribution in [-0.2, 0) is 5.75 Å². The molecule has 2 aromatic heterocycles. The number of nitrogens with one attached hydrogen (secondary N) is 1. The average Bonchev–Trinajstić information content (AvgIpc) is 3.29. The first-order valence-electron chi connectivity index (χ1n) is 10.5. The summed E-state index contributed by atoms with van der Waals surface area (Å²) in [7, 11) is 0. The van der Waals surface area contributed by atoms with Crippen molar-refractivity contribution in [3.8, 4) is 5.69 Å². The zero-order chi connectivity index (χ0) is 23.5. The molecule has 1 N–H and O–H groups in total. The van der Waals surface area contributed by atoms with Crippen molar-refractivity contribution in [2.75, 3.05) is 5.32 Å². The Balaban J connectivity index is 1.52. The number of fused-ring (bicyclic) bond motifs is 1. The number of rotatable bonds is 6. The molecule has 0 radical (unpaired) electrons. The highest BCUT2D eigenvalue weighted by Gasteiger charge is 2.22. The van der Waals surface area contributed by atoms with Gasteiger partial charge < -0.3 is 5.32 Å². The summed E-state index contributed by atoms with van der Waals surface area (Å²) in [4.78, 5) is 21.9. The lowest BCUT2D eigenvalue weighted by Gasteiger charge is -2.10. The summed E-state index contributed by atoms with van der Waals surface area (Å²) >= 11 is 7.75. The molecule has 0 unspecified atom stereocenters. The summed E-state index contributed by atoms with van der Waals surface area (Å²) in [5, 5.41) is 14.7. The van der Waals surface area contributed by atoms with Gasteiger partial charge >= 0.3 is 0 Å². The van der Waals surface area contributed by atoms with E-state index in [1.54, 1.807) is 23.1 Å². The van der Waals surface area contributed by atoms with Crippen LogP contribution in [-0.4, -0.2) is 30.9 Å². The topological polar surface area (TPSA) is 85.6 Å². The van der Waals surface area contributed by atoms with Crippen LogP contribution in [0.25, 0.3) is 16.5 Å². The third kappa shape index (κ3) is 4.50. The van der Waals surface area contributed by atoms with E-state index in [9.17, 15) is 4.79 Å². The summed E-state index contributed by atoms with van der Waals surface area (Å²) in [5.41, 5.74) is 3.23. The number of halogens is 1. The Labute approximate surface area is 205 Å². The van der Waals surface area contributed by atoms with Crippen molar-refractivity contribution in [2.45, 2.75) is 17.8 Å². The lowest BCUT2D eigenvalue weighted by Crippen LogP contribution is -2.15. The molecule has 168 valence electrons. The standard InChI is InChI=1S/C25H19ClN6OS/c1-16-10-11-18(14-20(16)26)32-22(15-34-25-27-12-5-13-28-25)23(30-31-32)24(33)29-21-9-4-7-17-6-2-3-8-19(17)21/h2-14H,15H2,1H3,(H,29,33). The minimum absolute atomic E-state index is 0.230. The van der Waals surface area contributed by atoms with Crippen LogP contribution in [0.2, 0.25) is 5.02 Å². The fraction of sp³-hybridized carbons (Fsp3) is 0.0800. The Morgan fingerprint density at radius 2 is 1.82 bits per heavy atom. The first-order chi connectivity index (χ1) is 16.6. The van der Waals surface area contributed by atoms with Crippen molar-refractivity contribution in [1.29, 1.82) is 0 Å². The molecule has 3 aromatic carbocycles. The zero-order valence-electron chi connectivity index (χ0n) is 18.1. The number of anilines is 1. The van der Waals surface area contributed by atoms with E-state index in [1.807, 2.05) is 67.6 Å². The fourth-order valence-corrected chi connectivity index (χ4v) is 4.51. The van der Waals surface area contributed by atoms with E-state index in [0.717, 1.165) is 22.0 Å². The predicted octanol–water partition coefficient (Wildman–Crippen LogP) is 5.72. The molecule has 0 spiro atoms. The molecule has 0 aliphatic carbocycles. The minimum Gasteiger partial charge on any atom is -0.320 e. The largest absolute Gasteiger partial charge is 0.320 e. The molecular formula is C25H19ClN6OS. The van der Waals surface area contributed by atoms with Crippen LogP contribution >= 0.6 is 23.4 Å². The number of carbonyl (C=O) groups excluding carboxylic acids is 1. The van der Waals surface area contributed by atoms with E-state index in [-0.39, 0.29) is 11.6 Å². The van der Waals surface area contributed by atoms with Gasteiger partial charge in [0.1, 0.15) is 0 Å². The monoisotopic (exact) mass is 486 g/mol. The number of thioether (sulfide) groups is 1. The Hall–Kier alpha value is -3.75. The maximum Gasteiger partial charge on any atom is 0.278 e. The first-order valence-corrected chi connectivity index (χ1v) is 11.9. The highest BCUT2D eigenvalue weighted by molar-refractivity contribution is 7.98. The molecule has 0 bridgehead atoms. The minimum atomic E-state index is -0.342. The van der Waals surface area contributed by atoms with E-state index in [1.165, 1.54) is 11.8 Å². The molecule has 5 aromatic rings. The molecule has 7 nitrogen and oxygen atoms in total. The number of hydrogen-bond donors (Lipinski definition) is 1. The molecule has 0 aliphatic heterocycles. The highest BCUT2D eigenvalue weighted by Crippen LogP contribution is 2.27. The van der Waals surface area contributed by atoms with Crippen molar-refractivity contribution in [3.63, 3.8) is 0 Å². The van der Waals surface area contributed by atoms with Gasteiger partial charge in [0.25, 0.3) is 5.91 Å². The maximum absolute atomic E-state index is 13.4. The van der Waals surface area contributed by atoms with Gasteiger partial charge in [-0.05, 0) is 42.1 Å². The second-order valence-corrected chi connectivity index (χ2v) is 8.88. The van der Waals surface area contributed by atoms with Gasteiger partial charge in [-0.1, -0.05) is 71.0 Å². The number of aryl methyl sites for hydroxylation is 1. The molecule has 0 atom stereocenters. The van der Waals surface area contributed by atoms with Crippen LogP contribution in [0.15, 0.2) is 84.3 Å². The van der Waals surface area contributed by atoms with E-state index in [0.29, 0.717) is 27.3 Å². The maximum atomic E-state index is 13.4. The molecule has 9 heteroatoms. The quantitative estimate of drug-likeness (QED) is 0.244. The number of carbonyl (C=O) groups is 1. The summed E-state index contributed by atoms with van der Waals surface area (Å²) in [6.45, 7) is 1.93. The Kier molecular flexibility index (Phi) is 6.24. The molecule has 1 amide bonds. The second-order valence-electron chi connectivity index (χ2n) is 7.53. The van der Waals surface area contributed by atoms with Crippen LogP contribution in [0.5, 0.6) is 0 Å². The second kappa shape index (κ2) is 9.62. The van der Waals surface area contributed by atoms with Crippen molar-refractivity contribution in [3.05, 3.63) is 101 Å². The number of aromatic nitrogens is 5. The lowest BCUT2D eigenvalue weighted by atomic mass is 10.1. The van der Waals surface area contributed by atoms with Gasteiger partial charge in [-0.15, -0.1) is 5.10 Å². The normalized spacial score (nSPS) is 11.0. The fourth-order valence-electron chi connectivity index (χ4n) is 3.54. The number of benzene rings is 3. The van der Waals surface area contributed by atoms with Gasteiger partial charge in [0.15, 0.2) is 10.9 Å². The zero-order valence-corrected chi connectivity index (χ0v) is 19.7. The smallest absolute Gasteiger partial charge is 0.278 e. The molecule has 0 aliphatic rings. The molecular weight excluding hydrogens is 468 g/mol. The van der Waals surface area contributed by atoms with Crippen molar-refractivity contribution < 1.29 is 4.79 Å². The van der Waals surface area contributed by atoms with Crippen molar-refractivity contribution in [1.82, 2.24) is 25.0 Å². The van der Waals surface area contributed by atoms with E-state index in [4.69, 9.17) is 11.6 Å². The third-order valence-corrected chi connectivity index (χ3v) is 6.59. The lowest BCUT2D eigenvalue weighted by molar-refractivity contribution is 0.102. The Morgan fingerprint density at radius 3 is 2.65 bits per heavy atom. The van der Waals surface area contributed by atoms with Gasteiger partial charge in [0.2, 0.25) is 0 Å². The van der Waals surface area contributed by atoms with Crippen molar-refractivity contribution in [2.24, 2.45) is 0 Å². The Morgan fingerprint density at radius 1 is 1.03 bits per heavy atom. The molecule has 34 heavy (non-hydrogen) atoms. The molecule has 0 saturated carbocycles. The molecule has 5 rings (SSSR count). The van der Waals surface area contributed by atoms with Crippen molar-refractivity contribution >= 4 is 45.7 Å². The van der Waals surface area contributed by atoms with Gasteiger partial charge in [0, 0.05) is 34.2 Å². The van der Waals surface area contributed by atoms with Gasteiger partial charge in [-0.3, -0.25) is 4.79 Å². The van der Waals surface area contributed by atoms with E-state index in [2.05, 4.69) is 25.6 Å². The molecule has 0 saturated heterocycles. The first kappa shape index (κ1) is 22.1. The van der Waals surface area contributed by atoms with Crippen LogP contribution in [0.4, 0.5) is 5.69 Å². The molecule has 0 fully saturated rings. The average molecular weight is 487 g/mol. The van der Waals surface area contributed by atoms with Gasteiger partial charge in [0.05, 0.1) is 11.4 Å². The molecule has 2 heterocycles. The summed E-state index contributed by atoms with van der Waals surface area (Å²) in [6, 6.07) is 21.0. The van der Waals surface area contributed by atoms with Crippen LogP contribution in [0.3, 0.4) is 0 Å². The summed E-state index contributed by atoms with van der Waals surface area (Å²) < 4.78 is 1.64. The summed E-state index contributed by atoms with van der Waals surface area (Å²) in [5.74, 6) is 0.0475. The number of nitrogens with zero attached hydrogens (tertiary/aromatic N) is 5. The SMILES string of the molecule is Cc1ccc(-n2nnc(C(=O)Nc3cccc4ccccc34)c2CSc2ncccn2)cc1Cl. The number of amides is 1. The van der Waals surface area contributed by atoms with Crippen LogP contribution in [0.1, 0.15) is 21.7 Å².